The van der Waals surface area contributed by atoms with Crippen molar-refractivity contribution in [2.75, 3.05) is 7.11 Å². The number of rotatable bonds is 3. The quantitative estimate of drug-likeness (QED) is 0.612. The molecule has 0 fully saturated rings. The predicted molar refractivity (Wildman–Crippen MR) is 60.4 cm³/mol. The summed E-state index contributed by atoms with van der Waals surface area (Å²) in [5.74, 6) is -0.338. The Morgan fingerprint density at radius 3 is 2.59 bits per heavy atom. The lowest BCUT2D eigenvalue weighted by Gasteiger charge is -2.07. The topological polar surface area (TPSA) is 56.8 Å². The van der Waals surface area contributed by atoms with E-state index in [2.05, 4.69) is 0 Å². The lowest BCUT2D eigenvalue weighted by Crippen LogP contribution is -1.99. The third kappa shape index (κ3) is 3.21. The number of allylic oxidation sites excluding steroid dienone is 2. The molecular weight excluding hydrogens is 243 g/mol. The van der Waals surface area contributed by atoms with Crippen LogP contribution in [0, 0.1) is 28.5 Å². The van der Waals surface area contributed by atoms with Gasteiger partial charge in [0.25, 0.3) is 0 Å². The van der Waals surface area contributed by atoms with E-state index in [1.54, 1.807) is 12.1 Å². The molecule has 0 N–H and O–H groups in total. The van der Waals surface area contributed by atoms with Gasteiger partial charge in [-0.1, -0.05) is 11.6 Å². The van der Waals surface area contributed by atoms with Gasteiger partial charge >= 0.3 is 0 Å². The van der Waals surface area contributed by atoms with Crippen LogP contribution in [-0.2, 0) is 11.2 Å². The molecular formula is C12H8ClFN2O. The van der Waals surface area contributed by atoms with E-state index in [1.807, 2.05) is 0 Å². The van der Waals surface area contributed by atoms with Crippen molar-refractivity contribution in [3.63, 3.8) is 0 Å². The van der Waals surface area contributed by atoms with E-state index in [9.17, 15) is 4.39 Å². The van der Waals surface area contributed by atoms with Crippen LogP contribution in [-0.4, -0.2) is 7.11 Å². The smallest absolute Gasteiger partial charge is 0.167 e. The molecule has 0 aliphatic carbocycles. The molecule has 17 heavy (non-hydrogen) atoms. The first kappa shape index (κ1) is 13.0. The highest BCUT2D eigenvalue weighted by atomic mass is 35.5. The van der Waals surface area contributed by atoms with Crippen molar-refractivity contribution in [3.8, 4) is 12.1 Å². The number of hydrogen-bond donors (Lipinski definition) is 0. The van der Waals surface area contributed by atoms with Crippen molar-refractivity contribution in [2.45, 2.75) is 6.42 Å². The summed E-state index contributed by atoms with van der Waals surface area (Å²) >= 11 is 5.74. The molecule has 0 spiro atoms. The maximum Gasteiger partial charge on any atom is 0.167 e. The molecule has 0 atom stereocenters. The number of nitriles is 2. The Morgan fingerprint density at radius 1 is 1.41 bits per heavy atom. The summed E-state index contributed by atoms with van der Waals surface area (Å²) in [5.41, 5.74) is 0.101. The van der Waals surface area contributed by atoms with E-state index >= 15 is 0 Å². The highest BCUT2D eigenvalue weighted by Crippen LogP contribution is 2.19. The second-order valence-electron chi connectivity index (χ2n) is 3.14. The maximum atomic E-state index is 13.4. The number of nitrogens with zero attached hydrogens (tertiary/aromatic N) is 2. The molecule has 0 radical (unpaired) electrons. The fraction of sp³-hybridized carbons (Fsp3) is 0.167. The first-order valence-corrected chi connectivity index (χ1v) is 5.01. The van der Waals surface area contributed by atoms with Crippen LogP contribution in [0.25, 0.3) is 0 Å². The van der Waals surface area contributed by atoms with E-state index < -0.39 is 5.82 Å². The summed E-state index contributed by atoms with van der Waals surface area (Å²) in [6.07, 6.45) is 0.0132. The molecule has 0 aliphatic rings. The monoisotopic (exact) mass is 250 g/mol. The molecule has 1 rings (SSSR count). The van der Waals surface area contributed by atoms with E-state index in [0.717, 1.165) is 0 Å². The highest BCUT2D eigenvalue weighted by Gasteiger charge is 2.11. The van der Waals surface area contributed by atoms with Crippen molar-refractivity contribution >= 4 is 11.6 Å². The zero-order valence-corrected chi connectivity index (χ0v) is 9.75. The normalized spacial score (nSPS) is 9.00. The van der Waals surface area contributed by atoms with Crippen LogP contribution in [0.1, 0.15) is 5.56 Å². The van der Waals surface area contributed by atoms with Gasteiger partial charge in [-0.3, -0.25) is 0 Å². The summed E-state index contributed by atoms with van der Waals surface area (Å²) in [4.78, 5) is 0. The van der Waals surface area contributed by atoms with Crippen LogP contribution < -0.4 is 0 Å². The maximum absolute atomic E-state index is 13.4. The van der Waals surface area contributed by atoms with Gasteiger partial charge in [0.1, 0.15) is 23.7 Å². The van der Waals surface area contributed by atoms with Crippen LogP contribution in [0.5, 0.6) is 0 Å². The van der Waals surface area contributed by atoms with Crippen LogP contribution in [0.2, 0.25) is 5.02 Å². The largest absolute Gasteiger partial charge is 0.499 e. The molecule has 0 bridgehead atoms. The van der Waals surface area contributed by atoms with E-state index in [0.29, 0.717) is 5.02 Å². The van der Waals surface area contributed by atoms with Gasteiger partial charge in [-0.05, 0) is 23.8 Å². The molecule has 0 amide bonds. The number of hydrogen-bond acceptors (Lipinski definition) is 3. The molecule has 0 aliphatic heterocycles. The molecule has 0 saturated carbocycles. The standard InChI is InChI=1S/C12H8ClFN2O/c1-17-12(9(6-15)7-16)5-8-4-10(13)2-3-11(8)14/h2-4H,5H2,1H3. The van der Waals surface area contributed by atoms with Gasteiger partial charge in [0.05, 0.1) is 7.11 Å². The third-order valence-electron chi connectivity index (χ3n) is 2.11. The van der Waals surface area contributed by atoms with Crippen LogP contribution in [0.4, 0.5) is 4.39 Å². The first-order valence-electron chi connectivity index (χ1n) is 4.63. The van der Waals surface area contributed by atoms with E-state index in [1.165, 1.54) is 25.3 Å². The predicted octanol–water partition coefficient (Wildman–Crippen LogP) is 2.97. The minimum atomic E-state index is -0.459. The van der Waals surface area contributed by atoms with Crippen molar-refractivity contribution in [3.05, 3.63) is 45.9 Å². The Bertz CT molecular complexity index is 524. The van der Waals surface area contributed by atoms with Gasteiger partial charge in [-0.2, -0.15) is 10.5 Å². The van der Waals surface area contributed by atoms with Gasteiger partial charge in [-0.25, -0.2) is 4.39 Å². The Labute approximate surface area is 103 Å². The van der Waals surface area contributed by atoms with Crippen LogP contribution in [0.15, 0.2) is 29.5 Å². The van der Waals surface area contributed by atoms with Crippen molar-refractivity contribution in [2.24, 2.45) is 0 Å². The Morgan fingerprint density at radius 2 is 2.06 bits per heavy atom. The molecule has 0 aromatic heterocycles. The minimum absolute atomic E-state index is 0.0132. The average Bonchev–Trinajstić information content (AvgIpc) is 2.33. The van der Waals surface area contributed by atoms with Crippen molar-refractivity contribution < 1.29 is 9.13 Å². The van der Waals surface area contributed by atoms with Gasteiger partial charge in [-0.15, -0.1) is 0 Å². The lowest BCUT2D eigenvalue weighted by atomic mass is 10.1. The van der Waals surface area contributed by atoms with Gasteiger partial charge in [0, 0.05) is 11.4 Å². The number of ether oxygens (including phenoxy) is 1. The van der Waals surface area contributed by atoms with Crippen LogP contribution >= 0.6 is 11.6 Å². The summed E-state index contributed by atoms with van der Waals surface area (Å²) in [5, 5.41) is 17.8. The second kappa shape index (κ2) is 5.89. The van der Waals surface area contributed by atoms with Crippen LogP contribution in [0.3, 0.4) is 0 Å². The lowest BCUT2D eigenvalue weighted by molar-refractivity contribution is 0.280. The average molecular weight is 251 g/mol. The van der Waals surface area contributed by atoms with Gasteiger partial charge < -0.3 is 4.74 Å². The Kier molecular flexibility index (Phi) is 4.51. The third-order valence-corrected chi connectivity index (χ3v) is 2.34. The molecule has 3 nitrogen and oxygen atoms in total. The second-order valence-corrected chi connectivity index (χ2v) is 3.57. The molecule has 5 heteroatoms. The fourth-order valence-electron chi connectivity index (χ4n) is 1.26. The summed E-state index contributed by atoms with van der Waals surface area (Å²) in [6.45, 7) is 0. The van der Waals surface area contributed by atoms with E-state index in [4.69, 9.17) is 26.9 Å². The van der Waals surface area contributed by atoms with Gasteiger partial charge in [0.15, 0.2) is 5.57 Å². The molecule has 1 aromatic rings. The molecule has 0 saturated heterocycles. The Hall–Kier alpha value is -2.04. The molecule has 86 valence electrons. The Balaban J connectivity index is 3.14. The zero-order chi connectivity index (χ0) is 12.8. The number of benzene rings is 1. The highest BCUT2D eigenvalue weighted by molar-refractivity contribution is 6.30. The number of methoxy groups -OCH3 is 1. The molecule has 0 heterocycles. The summed E-state index contributed by atoms with van der Waals surface area (Å²) in [7, 11) is 1.33. The fourth-order valence-corrected chi connectivity index (χ4v) is 1.46. The molecule has 0 unspecified atom stereocenters. The SMILES string of the molecule is COC(Cc1cc(Cl)ccc1F)=C(C#N)C#N. The summed E-state index contributed by atoms with van der Waals surface area (Å²) in [6, 6.07) is 7.47. The van der Waals surface area contributed by atoms with Crippen molar-refractivity contribution in [1.82, 2.24) is 0 Å². The number of halogens is 2. The van der Waals surface area contributed by atoms with Crippen molar-refractivity contribution in [1.29, 1.82) is 10.5 Å². The minimum Gasteiger partial charge on any atom is -0.499 e. The first-order chi connectivity index (χ1) is 8.12. The zero-order valence-electron chi connectivity index (χ0n) is 9.00. The van der Waals surface area contributed by atoms with Gasteiger partial charge in [0.2, 0.25) is 0 Å². The van der Waals surface area contributed by atoms with E-state index in [-0.39, 0.29) is 23.3 Å². The summed E-state index contributed by atoms with van der Waals surface area (Å²) < 4.78 is 18.4. The molecule has 1 aromatic carbocycles.